The molecular formula is C18H30N2O. The van der Waals surface area contributed by atoms with Crippen molar-refractivity contribution >= 4 is 0 Å². The monoisotopic (exact) mass is 290 g/mol. The normalized spacial score (nSPS) is 16.6. The Hall–Kier alpha value is -1.06. The van der Waals surface area contributed by atoms with E-state index in [-0.39, 0.29) is 0 Å². The molecule has 1 N–H and O–H groups in total. The molecule has 0 aromatic heterocycles. The van der Waals surface area contributed by atoms with Crippen molar-refractivity contribution in [3.05, 3.63) is 29.8 Å². The molecule has 2 rings (SSSR count). The fourth-order valence-electron chi connectivity index (χ4n) is 2.79. The Morgan fingerprint density at radius 1 is 1.14 bits per heavy atom. The molecule has 1 aliphatic heterocycles. The van der Waals surface area contributed by atoms with Crippen molar-refractivity contribution in [1.29, 1.82) is 0 Å². The second kappa shape index (κ2) is 9.80. The molecule has 1 saturated heterocycles. The lowest BCUT2D eigenvalue weighted by Crippen LogP contribution is -2.32. The van der Waals surface area contributed by atoms with Crippen molar-refractivity contribution in [2.45, 2.75) is 45.6 Å². The Balaban J connectivity index is 1.65. The summed E-state index contributed by atoms with van der Waals surface area (Å²) < 4.78 is 5.68. The molecule has 1 heterocycles. The quantitative estimate of drug-likeness (QED) is 0.742. The van der Waals surface area contributed by atoms with Gasteiger partial charge in [0.1, 0.15) is 5.75 Å². The Morgan fingerprint density at radius 3 is 2.71 bits per heavy atom. The lowest BCUT2D eigenvalue weighted by Gasteiger charge is -2.19. The Labute approximate surface area is 129 Å². The van der Waals surface area contributed by atoms with Crippen LogP contribution >= 0.6 is 0 Å². The average molecular weight is 290 g/mol. The van der Waals surface area contributed by atoms with Crippen LogP contribution in [-0.4, -0.2) is 37.7 Å². The molecule has 0 atom stereocenters. The van der Waals surface area contributed by atoms with Gasteiger partial charge in [-0.05, 0) is 50.0 Å². The largest absolute Gasteiger partial charge is 0.494 e. The van der Waals surface area contributed by atoms with E-state index in [0.717, 1.165) is 31.9 Å². The lowest BCUT2D eigenvalue weighted by atomic mass is 10.2. The molecule has 0 aliphatic carbocycles. The zero-order valence-electron chi connectivity index (χ0n) is 13.4. The molecular weight excluding hydrogens is 260 g/mol. The third-order valence-electron chi connectivity index (χ3n) is 4.00. The molecule has 0 unspecified atom stereocenters. The Bertz CT molecular complexity index is 387. The van der Waals surface area contributed by atoms with Crippen molar-refractivity contribution in [1.82, 2.24) is 10.2 Å². The van der Waals surface area contributed by atoms with Gasteiger partial charge in [0.2, 0.25) is 0 Å². The maximum Gasteiger partial charge on any atom is 0.119 e. The maximum atomic E-state index is 5.68. The Kier molecular flexibility index (Phi) is 7.61. The van der Waals surface area contributed by atoms with Crippen LogP contribution in [0.25, 0.3) is 0 Å². The third-order valence-corrected chi connectivity index (χ3v) is 4.00. The fourth-order valence-corrected chi connectivity index (χ4v) is 2.79. The standard InChI is InChI=1S/C18H30N2O/c1-2-14-21-18-9-7-8-17(15-18)16-19-10-13-20-11-5-3-4-6-12-20/h7-9,15,19H,2-6,10-14,16H2,1H3. The number of hydrogen-bond acceptors (Lipinski definition) is 3. The predicted molar refractivity (Wildman–Crippen MR) is 88.8 cm³/mol. The number of nitrogens with zero attached hydrogens (tertiary/aromatic N) is 1. The van der Waals surface area contributed by atoms with E-state index in [2.05, 4.69) is 35.3 Å². The number of hydrogen-bond donors (Lipinski definition) is 1. The third kappa shape index (κ3) is 6.49. The molecule has 0 radical (unpaired) electrons. The van der Waals surface area contributed by atoms with Crippen LogP contribution in [0.3, 0.4) is 0 Å². The zero-order chi connectivity index (χ0) is 14.8. The SMILES string of the molecule is CCCOc1cccc(CNCCN2CCCCCC2)c1. The topological polar surface area (TPSA) is 24.5 Å². The van der Waals surface area contributed by atoms with Crippen LogP contribution in [0.15, 0.2) is 24.3 Å². The van der Waals surface area contributed by atoms with E-state index in [9.17, 15) is 0 Å². The highest BCUT2D eigenvalue weighted by Gasteiger charge is 2.07. The van der Waals surface area contributed by atoms with Gasteiger partial charge in [0.05, 0.1) is 6.61 Å². The number of likely N-dealkylation sites (tertiary alicyclic amines) is 1. The van der Waals surface area contributed by atoms with E-state index in [1.807, 2.05) is 6.07 Å². The highest BCUT2D eigenvalue weighted by molar-refractivity contribution is 5.28. The summed E-state index contributed by atoms with van der Waals surface area (Å²) in [5.74, 6) is 0.990. The number of rotatable bonds is 8. The van der Waals surface area contributed by atoms with Gasteiger partial charge in [0, 0.05) is 19.6 Å². The van der Waals surface area contributed by atoms with Gasteiger partial charge < -0.3 is 15.0 Å². The number of benzene rings is 1. The molecule has 1 aromatic rings. The van der Waals surface area contributed by atoms with Gasteiger partial charge in [-0.2, -0.15) is 0 Å². The maximum absolute atomic E-state index is 5.68. The van der Waals surface area contributed by atoms with Crippen molar-refractivity contribution in [2.24, 2.45) is 0 Å². The molecule has 118 valence electrons. The fraction of sp³-hybridized carbons (Fsp3) is 0.667. The number of ether oxygens (including phenoxy) is 1. The van der Waals surface area contributed by atoms with Gasteiger partial charge in [-0.25, -0.2) is 0 Å². The first kappa shape index (κ1) is 16.3. The van der Waals surface area contributed by atoms with Crippen molar-refractivity contribution in [3.8, 4) is 5.75 Å². The lowest BCUT2D eigenvalue weighted by molar-refractivity contribution is 0.284. The van der Waals surface area contributed by atoms with Crippen LogP contribution in [0.5, 0.6) is 5.75 Å². The molecule has 0 saturated carbocycles. The summed E-state index contributed by atoms with van der Waals surface area (Å²) in [6.07, 6.45) is 6.62. The number of nitrogens with one attached hydrogen (secondary N) is 1. The summed E-state index contributed by atoms with van der Waals surface area (Å²) in [5.41, 5.74) is 1.31. The van der Waals surface area contributed by atoms with E-state index in [1.165, 1.54) is 50.9 Å². The van der Waals surface area contributed by atoms with Gasteiger partial charge in [0.25, 0.3) is 0 Å². The molecule has 0 amide bonds. The highest BCUT2D eigenvalue weighted by Crippen LogP contribution is 2.13. The minimum absolute atomic E-state index is 0.797. The van der Waals surface area contributed by atoms with E-state index in [4.69, 9.17) is 4.74 Å². The highest BCUT2D eigenvalue weighted by atomic mass is 16.5. The van der Waals surface area contributed by atoms with E-state index in [0.29, 0.717) is 0 Å². The first-order chi connectivity index (χ1) is 10.4. The van der Waals surface area contributed by atoms with Gasteiger partial charge in [-0.15, -0.1) is 0 Å². The first-order valence-electron chi connectivity index (χ1n) is 8.53. The second-order valence-corrected chi connectivity index (χ2v) is 5.93. The van der Waals surface area contributed by atoms with Crippen LogP contribution in [-0.2, 0) is 6.54 Å². The van der Waals surface area contributed by atoms with Crippen molar-refractivity contribution in [3.63, 3.8) is 0 Å². The molecule has 0 spiro atoms. The van der Waals surface area contributed by atoms with Crippen LogP contribution < -0.4 is 10.1 Å². The molecule has 21 heavy (non-hydrogen) atoms. The second-order valence-electron chi connectivity index (χ2n) is 5.93. The van der Waals surface area contributed by atoms with Gasteiger partial charge in [0.15, 0.2) is 0 Å². The van der Waals surface area contributed by atoms with Crippen LogP contribution in [0.2, 0.25) is 0 Å². The van der Waals surface area contributed by atoms with Crippen LogP contribution in [0.1, 0.15) is 44.6 Å². The van der Waals surface area contributed by atoms with Gasteiger partial charge in [-0.1, -0.05) is 31.9 Å². The average Bonchev–Trinajstić information content (AvgIpc) is 2.79. The summed E-state index contributed by atoms with van der Waals surface area (Å²) in [7, 11) is 0. The molecule has 1 fully saturated rings. The summed E-state index contributed by atoms with van der Waals surface area (Å²) in [4.78, 5) is 2.60. The van der Waals surface area contributed by atoms with E-state index < -0.39 is 0 Å². The van der Waals surface area contributed by atoms with Crippen molar-refractivity contribution < 1.29 is 4.74 Å². The summed E-state index contributed by atoms with van der Waals surface area (Å²) in [6, 6.07) is 8.43. The van der Waals surface area contributed by atoms with Gasteiger partial charge in [-0.3, -0.25) is 0 Å². The summed E-state index contributed by atoms with van der Waals surface area (Å²) in [5, 5.41) is 3.56. The smallest absolute Gasteiger partial charge is 0.119 e. The molecule has 0 bridgehead atoms. The summed E-state index contributed by atoms with van der Waals surface area (Å²) >= 11 is 0. The van der Waals surface area contributed by atoms with Gasteiger partial charge >= 0.3 is 0 Å². The molecule has 3 nitrogen and oxygen atoms in total. The van der Waals surface area contributed by atoms with Crippen molar-refractivity contribution in [2.75, 3.05) is 32.8 Å². The zero-order valence-corrected chi connectivity index (χ0v) is 13.4. The van der Waals surface area contributed by atoms with Crippen LogP contribution in [0.4, 0.5) is 0 Å². The Morgan fingerprint density at radius 2 is 1.95 bits per heavy atom. The minimum atomic E-state index is 0.797. The van der Waals surface area contributed by atoms with E-state index in [1.54, 1.807) is 0 Å². The summed E-state index contributed by atoms with van der Waals surface area (Å²) in [6.45, 7) is 8.66. The van der Waals surface area contributed by atoms with Crippen LogP contribution in [0, 0.1) is 0 Å². The first-order valence-corrected chi connectivity index (χ1v) is 8.53. The molecule has 1 aromatic carbocycles. The predicted octanol–water partition coefficient (Wildman–Crippen LogP) is 3.44. The van der Waals surface area contributed by atoms with E-state index >= 15 is 0 Å². The molecule has 1 aliphatic rings. The molecule has 3 heteroatoms. The minimum Gasteiger partial charge on any atom is -0.494 e.